The van der Waals surface area contributed by atoms with Crippen molar-refractivity contribution in [3.63, 3.8) is 0 Å². The summed E-state index contributed by atoms with van der Waals surface area (Å²) in [5.74, 6) is -0.176. The van der Waals surface area contributed by atoms with E-state index >= 15 is 0 Å². The van der Waals surface area contributed by atoms with Gasteiger partial charge in [0, 0.05) is 6.07 Å². The molecule has 0 saturated heterocycles. The van der Waals surface area contributed by atoms with Crippen LogP contribution in [0.5, 0.6) is 11.5 Å². The Morgan fingerprint density at radius 1 is 1.22 bits per heavy atom. The number of halogens is 1. The quantitative estimate of drug-likeness (QED) is 0.368. The van der Waals surface area contributed by atoms with Crippen LogP contribution in [0.1, 0.15) is 16.3 Å². The average molecular weight is 389 g/mol. The lowest BCUT2D eigenvalue weighted by Crippen LogP contribution is -2.11. The van der Waals surface area contributed by atoms with E-state index in [1.54, 1.807) is 30.3 Å². The van der Waals surface area contributed by atoms with Crippen molar-refractivity contribution in [3.05, 3.63) is 81.3 Å². The monoisotopic (exact) mass is 388 g/mol. The number of nitrogens with one attached hydrogen (secondary N) is 1. The second-order valence-electron chi connectivity index (χ2n) is 5.40. The summed E-state index contributed by atoms with van der Waals surface area (Å²) in [7, 11) is 0. The molecule has 1 heterocycles. The molecule has 3 aromatic rings. The maximum absolute atomic E-state index is 12.2. The van der Waals surface area contributed by atoms with Gasteiger partial charge in [-0.15, -0.1) is 0 Å². The van der Waals surface area contributed by atoms with Gasteiger partial charge in [-0.05, 0) is 30.3 Å². The van der Waals surface area contributed by atoms with Gasteiger partial charge in [-0.25, -0.2) is 0 Å². The third-order valence-electron chi connectivity index (χ3n) is 3.53. The van der Waals surface area contributed by atoms with Gasteiger partial charge in [0.25, 0.3) is 11.6 Å². The number of nitro benzene ring substituents is 1. The maximum atomic E-state index is 12.2. The van der Waals surface area contributed by atoms with Crippen molar-refractivity contribution in [2.24, 2.45) is 0 Å². The van der Waals surface area contributed by atoms with Crippen molar-refractivity contribution in [1.82, 2.24) is 0 Å². The summed E-state index contributed by atoms with van der Waals surface area (Å²) in [5.41, 5.74) is -0.265. The molecule has 0 radical (unpaired) electrons. The lowest BCUT2D eigenvalue weighted by molar-refractivity contribution is -0.384. The smallest absolute Gasteiger partial charge is 0.291 e. The van der Waals surface area contributed by atoms with E-state index in [2.05, 4.69) is 5.32 Å². The standard InChI is InChI=1S/C18H13ClN2O6/c19-13-3-1-2-4-16(13)26-10-12-6-8-17(27-12)18(23)20-14-7-5-11(21(24)25)9-15(14)22/h1-9,22H,10H2,(H,20,23). The molecule has 0 spiro atoms. The second-order valence-corrected chi connectivity index (χ2v) is 5.80. The zero-order valence-corrected chi connectivity index (χ0v) is 14.5. The lowest BCUT2D eigenvalue weighted by Gasteiger charge is -2.06. The highest BCUT2D eigenvalue weighted by molar-refractivity contribution is 6.32. The predicted octanol–water partition coefficient (Wildman–Crippen LogP) is 4.38. The molecule has 1 amide bonds. The summed E-state index contributed by atoms with van der Waals surface area (Å²) in [6.45, 7) is 0.0692. The van der Waals surface area contributed by atoms with Gasteiger partial charge >= 0.3 is 0 Å². The first-order valence-corrected chi connectivity index (χ1v) is 8.06. The second kappa shape index (κ2) is 7.79. The normalized spacial score (nSPS) is 10.4. The lowest BCUT2D eigenvalue weighted by atomic mass is 10.2. The van der Waals surface area contributed by atoms with Gasteiger partial charge in [0.2, 0.25) is 0 Å². The molecule has 0 atom stereocenters. The van der Waals surface area contributed by atoms with Gasteiger partial charge < -0.3 is 19.6 Å². The highest BCUT2D eigenvalue weighted by Gasteiger charge is 2.16. The van der Waals surface area contributed by atoms with Crippen molar-refractivity contribution >= 4 is 28.9 Å². The number of phenols is 1. The highest BCUT2D eigenvalue weighted by atomic mass is 35.5. The molecule has 27 heavy (non-hydrogen) atoms. The van der Waals surface area contributed by atoms with Gasteiger partial charge in [0.1, 0.15) is 23.9 Å². The molecule has 0 aliphatic heterocycles. The largest absolute Gasteiger partial charge is 0.506 e. The van der Waals surface area contributed by atoms with Crippen molar-refractivity contribution in [1.29, 1.82) is 0 Å². The van der Waals surface area contributed by atoms with E-state index in [0.29, 0.717) is 16.5 Å². The van der Waals surface area contributed by atoms with Crippen LogP contribution in [0.25, 0.3) is 0 Å². The van der Waals surface area contributed by atoms with Crippen molar-refractivity contribution < 1.29 is 24.0 Å². The highest BCUT2D eigenvalue weighted by Crippen LogP contribution is 2.28. The van der Waals surface area contributed by atoms with Gasteiger partial charge in [0.05, 0.1) is 21.7 Å². The molecular formula is C18H13ClN2O6. The zero-order chi connectivity index (χ0) is 19.4. The molecule has 9 heteroatoms. The molecule has 3 rings (SSSR count). The number of benzene rings is 2. The van der Waals surface area contributed by atoms with Crippen LogP contribution in [0.3, 0.4) is 0 Å². The van der Waals surface area contributed by atoms with Crippen LogP contribution in [-0.2, 0) is 6.61 Å². The zero-order valence-electron chi connectivity index (χ0n) is 13.7. The van der Waals surface area contributed by atoms with Crippen LogP contribution in [-0.4, -0.2) is 15.9 Å². The molecule has 0 aliphatic carbocycles. The number of aromatic hydroxyl groups is 1. The Hall–Kier alpha value is -3.52. The number of carbonyl (C=O) groups is 1. The van der Waals surface area contributed by atoms with E-state index in [4.69, 9.17) is 20.8 Å². The minimum absolute atomic E-state index is 0.00879. The van der Waals surface area contributed by atoms with Gasteiger partial charge in [-0.1, -0.05) is 23.7 Å². The number of non-ortho nitro benzene ring substituents is 1. The fourth-order valence-electron chi connectivity index (χ4n) is 2.21. The number of hydrogen-bond acceptors (Lipinski definition) is 6. The van der Waals surface area contributed by atoms with Crippen LogP contribution in [0.15, 0.2) is 59.0 Å². The number of phenolic OH excluding ortho intramolecular Hbond substituents is 1. The SMILES string of the molecule is O=C(Nc1ccc([N+](=O)[O-])cc1O)c1ccc(COc2ccccc2Cl)o1. The third-order valence-corrected chi connectivity index (χ3v) is 3.84. The minimum Gasteiger partial charge on any atom is -0.506 e. The number of carbonyl (C=O) groups excluding carboxylic acids is 1. The van der Waals surface area contributed by atoms with E-state index in [0.717, 1.165) is 6.07 Å². The Labute approximate surface area is 158 Å². The summed E-state index contributed by atoms with van der Waals surface area (Å²) >= 11 is 6.00. The number of para-hydroxylation sites is 1. The van der Waals surface area contributed by atoms with Crippen LogP contribution in [0.4, 0.5) is 11.4 Å². The molecule has 0 saturated carbocycles. The van der Waals surface area contributed by atoms with Crippen LogP contribution in [0, 0.1) is 10.1 Å². The number of anilines is 1. The molecule has 1 aromatic heterocycles. The molecule has 0 aliphatic rings. The Morgan fingerprint density at radius 3 is 2.70 bits per heavy atom. The van der Waals surface area contributed by atoms with E-state index < -0.39 is 16.6 Å². The number of ether oxygens (including phenoxy) is 1. The van der Waals surface area contributed by atoms with E-state index in [-0.39, 0.29) is 23.7 Å². The molecule has 138 valence electrons. The Morgan fingerprint density at radius 2 is 2.00 bits per heavy atom. The van der Waals surface area contributed by atoms with Crippen molar-refractivity contribution in [2.45, 2.75) is 6.61 Å². The summed E-state index contributed by atoms with van der Waals surface area (Å²) in [6, 6.07) is 13.3. The van der Waals surface area contributed by atoms with Crippen molar-refractivity contribution in [2.75, 3.05) is 5.32 Å². The van der Waals surface area contributed by atoms with Crippen molar-refractivity contribution in [3.8, 4) is 11.5 Å². The van der Waals surface area contributed by atoms with Gasteiger partial charge in [0.15, 0.2) is 5.76 Å². The first-order chi connectivity index (χ1) is 12.9. The molecule has 0 bridgehead atoms. The fourth-order valence-corrected chi connectivity index (χ4v) is 2.40. The molecule has 8 nitrogen and oxygen atoms in total. The van der Waals surface area contributed by atoms with Crippen LogP contribution < -0.4 is 10.1 Å². The molecular weight excluding hydrogens is 376 g/mol. The third kappa shape index (κ3) is 4.36. The molecule has 2 aromatic carbocycles. The number of amides is 1. The minimum atomic E-state index is -0.650. The Balaban J connectivity index is 1.65. The number of hydrogen-bond donors (Lipinski definition) is 2. The van der Waals surface area contributed by atoms with Gasteiger partial charge in [-0.2, -0.15) is 0 Å². The molecule has 2 N–H and O–H groups in total. The van der Waals surface area contributed by atoms with E-state index in [9.17, 15) is 20.0 Å². The number of furan rings is 1. The number of nitro groups is 1. The average Bonchev–Trinajstić information content (AvgIpc) is 3.11. The first-order valence-electron chi connectivity index (χ1n) is 7.69. The molecule has 0 fully saturated rings. The van der Waals surface area contributed by atoms with Crippen LogP contribution >= 0.6 is 11.6 Å². The summed E-state index contributed by atoms with van der Waals surface area (Å²) in [4.78, 5) is 22.2. The number of nitrogens with zero attached hydrogens (tertiary/aromatic N) is 1. The van der Waals surface area contributed by atoms with E-state index in [1.165, 1.54) is 18.2 Å². The fraction of sp³-hybridized carbons (Fsp3) is 0.0556. The van der Waals surface area contributed by atoms with Gasteiger partial charge in [-0.3, -0.25) is 14.9 Å². The van der Waals surface area contributed by atoms with E-state index in [1.807, 2.05) is 0 Å². The Kier molecular flexibility index (Phi) is 5.28. The summed E-state index contributed by atoms with van der Waals surface area (Å²) in [5, 5.41) is 23.3. The maximum Gasteiger partial charge on any atom is 0.291 e. The van der Waals surface area contributed by atoms with Crippen LogP contribution in [0.2, 0.25) is 5.02 Å². The number of rotatable bonds is 6. The summed E-state index contributed by atoms with van der Waals surface area (Å²) in [6.07, 6.45) is 0. The summed E-state index contributed by atoms with van der Waals surface area (Å²) < 4.78 is 10.9. The Bertz CT molecular complexity index is 1000. The first kappa shape index (κ1) is 18.3. The predicted molar refractivity (Wildman–Crippen MR) is 97.2 cm³/mol. The molecule has 0 unspecified atom stereocenters. The topological polar surface area (TPSA) is 115 Å².